The van der Waals surface area contributed by atoms with E-state index in [2.05, 4.69) is 14.8 Å². The first-order chi connectivity index (χ1) is 12.5. The Hall–Kier alpha value is -3.11. The Morgan fingerprint density at radius 1 is 1.27 bits per heavy atom. The van der Waals surface area contributed by atoms with Gasteiger partial charge in [0.05, 0.1) is 35.0 Å². The number of nitrogens with one attached hydrogen (secondary N) is 2. The van der Waals surface area contributed by atoms with Crippen LogP contribution in [0.4, 0.5) is 0 Å². The fourth-order valence-electron chi connectivity index (χ4n) is 2.53. The van der Waals surface area contributed by atoms with E-state index in [0.29, 0.717) is 23.4 Å². The number of H-pyrrole nitrogens is 1. The molecule has 0 spiro atoms. The number of furan rings is 1. The average molecular weight is 374 g/mol. The Morgan fingerprint density at radius 3 is 2.96 bits per heavy atom. The maximum absolute atomic E-state index is 12.4. The van der Waals surface area contributed by atoms with Gasteiger partial charge < -0.3 is 8.83 Å². The Morgan fingerprint density at radius 2 is 2.15 bits per heavy atom. The number of hydrogen-bond acceptors (Lipinski definition) is 6. The molecule has 1 aromatic carbocycles. The number of nitrogens with zero attached hydrogens (tertiary/aromatic N) is 2. The van der Waals surface area contributed by atoms with E-state index in [1.54, 1.807) is 29.4 Å². The molecule has 4 aromatic rings. The largest absolute Gasteiger partial charge is 0.464 e. The summed E-state index contributed by atoms with van der Waals surface area (Å²) >= 11 is 0. The standard InChI is InChI=1S/C16H14N4O5S/c21-16-19-13-8-12(3-4-15(13)25-16)26(22,23)18-5-6-20-10-11(9-17-20)14-2-1-7-24-14/h1-4,7-10,18H,5-6H2,(H,19,21). The van der Waals surface area contributed by atoms with Crippen molar-refractivity contribution in [3.63, 3.8) is 0 Å². The van der Waals surface area contributed by atoms with Gasteiger partial charge in [0.15, 0.2) is 5.58 Å². The Kier molecular flexibility index (Phi) is 3.98. The molecule has 0 amide bonds. The first kappa shape index (κ1) is 16.4. The third-order valence-electron chi connectivity index (χ3n) is 3.77. The monoisotopic (exact) mass is 374 g/mol. The van der Waals surface area contributed by atoms with Crippen LogP contribution < -0.4 is 10.5 Å². The first-order valence-electron chi connectivity index (χ1n) is 7.70. The summed E-state index contributed by atoms with van der Waals surface area (Å²) in [5.41, 5.74) is 1.44. The van der Waals surface area contributed by atoms with Crippen molar-refractivity contribution >= 4 is 21.1 Å². The molecule has 0 bridgehead atoms. The molecular formula is C16H14N4O5S. The molecule has 3 heterocycles. The van der Waals surface area contributed by atoms with Crippen LogP contribution in [0.15, 0.2) is 67.5 Å². The molecule has 9 nitrogen and oxygen atoms in total. The van der Waals surface area contributed by atoms with Gasteiger partial charge in [0, 0.05) is 12.7 Å². The molecule has 0 saturated carbocycles. The zero-order chi connectivity index (χ0) is 18.1. The molecule has 0 atom stereocenters. The Labute approximate surface area is 147 Å². The molecule has 0 fully saturated rings. The fourth-order valence-corrected chi connectivity index (χ4v) is 3.58. The molecule has 0 unspecified atom stereocenters. The normalized spacial score (nSPS) is 12.0. The lowest BCUT2D eigenvalue weighted by atomic mass is 10.3. The smallest absolute Gasteiger partial charge is 0.417 e. The van der Waals surface area contributed by atoms with E-state index >= 15 is 0 Å². The van der Waals surface area contributed by atoms with Gasteiger partial charge >= 0.3 is 5.76 Å². The second-order valence-electron chi connectivity index (χ2n) is 5.54. The predicted octanol–water partition coefficient (Wildman–Crippen LogP) is 1.56. The highest BCUT2D eigenvalue weighted by Crippen LogP contribution is 2.18. The summed E-state index contributed by atoms with van der Waals surface area (Å²) in [4.78, 5) is 13.6. The molecule has 0 radical (unpaired) electrons. The number of aromatic amines is 1. The van der Waals surface area contributed by atoms with Gasteiger partial charge in [-0.25, -0.2) is 17.9 Å². The van der Waals surface area contributed by atoms with Crippen molar-refractivity contribution in [1.82, 2.24) is 19.5 Å². The molecular weight excluding hydrogens is 360 g/mol. The maximum Gasteiger partial charge on any atom is 0.417 e. The van der Waals surface area contributed by atoms with Crippen LogP contribution in [-0.2, 0) is 16.6 Å². The lowest BCUT2D eigenvalue weighted by Gasteiger charge is -2.06. The van der Waals surface area contributed by atoms with Gasteiger partial charge in [-0.05, 0) is 30.3 Å². The van der Waals surface area contributed by atoms with E-state index in [1.807, 2.05) is 6.07 Å². The van der Waals surface area contributed by atoms with Crippen molar-refractivity contribution < 1.29 is 17.3 Å². The van der Waals surface area contributed by atoms with E-state index in [1.165, 1.54) is 18.2 Å². The van der Waals surface area contributed by atoms with Gasteiger partial charge in [-0.1, -0.05) is 0 Å². The molecule has 0 aliphatic rings. The second kappa shape index (κ2) is 6.32. The summed E-state index contributed by atoms with van der Waals surface area (Å²) in [5.74, 6) is 0.0628. The van der Waals surface area contributed by atoms with Gasteiger partial charge in [-0.15, -0.1) is 0 Å². The molecule has 3 aromatic heterocycles. The van der Waals surface area contributed by atoms with Gasteiger partial charge in [0.2, 0.25) is 10.0 Å². The van der Waals surface area contributed by atoms with Crippen LogP contribution in [0.2, 0.25) is 0 Å². The van der Waals surface area contributed by atoms with Crippen LogP contribution in [0.5, 0.6) is 0 Å². The molecule has 0 aliphatic heterocycles. The van der Waals surface area contributed by atoms with E-state index < -0.39 is 15.8 Å². The number of benzene rings is 1. The number of aromatic nitrogens is 3. The summed E-state index contributed by atoms with van der Waals surface area (Å²) in [6.45, 7) is 0.506. The molecule has 4 rings (SSSR count). The van der Waals surface area contributed by atoms with E-state index in [0.717, 1.165) is 5.56 Å². The zero-order valence-electron chi connectivity index (χ0n) is 13.4. The highest BCUT2D eigenvalue weighted by atomic mass is 32.2. The topological polar surface area (TPSA) is 123 Å². The van der Waals surface area contributed by atoms with Crippen molar-refractivity contribution in [2.75, 3.05) is 6.54 Å². The SMILES string of the molecule is O=c1[nH]c2cc(S(=O)(=O)NCCn3cc(-c4ccco4)cn3)ccc2o1. The molecule has 0 saturated heterocycles. The summed E-state index contributed by atoms with van der Waals surface area (Å²) in [7, 11) is -3.72. The number of oxazole rings is 1. The number of sulfonamides is 1. The zero-order valence-corrected chi connectivity index (χ0v) is 14.2. The molecule has 26 heavy (non-hydrogen) atoms. The van der Waals surface area contributed by atoms with E-state index in [4.69, 9.17) is 8.83 Å². The number of rotatable bonds is 6. The average Bonchev–Trinajstić information content (AvgIpc) is 3.33. The fraction of sp³-hybridized carbons (Fsp3) is 0.125. The molecule has 0 aliphatic carbocycles. The van der Waals surface area contributed by atoms with Crippen molar-refractivity contribution in [2.45, 2.75) is 11.4 Å². The van der Waals surface area contributed by atoms with Crippen molar-refractivity contribution in [3.05, 3.63) is 59.5 Å². The van der Waals surface area contributed by atoms with E-state index in [-0.39, 0.29) is 11.4 Å². The third-order valence-corrected chi connectivity index (χ3v) is 5.23. The second-order valence-corrected chi connectivity index (χ2v) is 7.31. The summed E-state index contributed by atoms with van der Waals surface area (Å²) < 4.78 is 39.1. The third kappa shape index (κ3) is 3.19. The summed E-state index contributed by atoms with van der Waals surface area (Å²) in [6, 6.07) is 7.77. The number of fused-ring (bicyclic) bond motifs is 1. The molecule has 134 valence electrons. The van der Waals surface area contributed by atoms with Crippen molar-refractivity contribution in [1.29, 1.82) is 0 Å². The van der Waals surface area contributed by atoms with Crippen LogP contribution in [0, 0.1) is 0 Å². The van der Waals surface area contributed by atoms with E-state index in [9.17, 15) is 13.2 Å². The minimum atomic E-state index is -3.72. The first-order valence-corrected chi connectivity index (χ1v) is 9.18. The lowest BCUT2D eigenvalue weighted by molar-refractivity contribution is 0.555. The quantitative estimate of drug-likeness (QED) is 0.528. The maximum atomic E-state index is 12.4. The molecule has 10 heteroatoms. The van der Waals surface area contributed by atoms with Crippen LogP contribution in [0.3, 0.4) is 0 Å². The van der Waals surface area contributed by atoms with Crippen molar-refractivity contribution in [3.8, 4) is 11.3 Å². The Balaban J connectivity index is 1.43. The highest BCUT2D eigenvalue weighted by Gasteiger charge is 2.15. The van der Waals surface area contributed by atoms with Crippen LogP contribution >= 0.6 is 0 Å². The summed E-state index contributed by atoms with van der Waals surface area (Å²) in [5, 5.41) is 4.18. The van der Waals surface area contributed by atoms with Gasteiger partial charge in [-0.3, -0.25) is 9.67 Å². The summed E-state index contributed by atoms with van der Waals surface area (Å²) in [6.07, 6.45) is 5.00. The minimum Gasteiger partial charge on any atom is -0.464 e. The van der Waals surface area contributed by atoms with Crippen LogP contribution in [0.1, 0.15) is 0 Å². The van der Waals surface area contributed by atoms with Gasteiger partial charge in [0.25, 0.3) is 0 Å². The van der Waals surface area contributed by atoms with Crippen LogP contribution in [0.25, 0.3) is 22.4 Å². The van der Waals surface area contributed by atoms with Gasteiger partial charge in [-0.2, -0.15) is 5.10 Å². The number of hydrogen-bond donors (Lipinski definition) is 2. The van der Waals surface area contributed by atoms with Crippen LogP contribution in [-0.4, -0.2) is 29.7 Å². The lowest BCUT2D eigenvalue weighted by Crippen LogP contribution is -2.27. The highest BCUT2D eigenvalue weighted by molar-refractivity contribution is 7.89. The Bertz CT molecular complexity index is 1200. The predicted molar refractivity (Wildman–Crippen MR) is 92.0 cm³/mol. The van der Waals surface area contributed by atoms with Crippen molar-refractivity contribution in [2.24, 2.45) is 0 Å². The molecule has 2 N–H and O–H groups in total. The van der Waals surface area contributed by atoms with Gasteiger partial charge in [0.1, 0.15) is 5.76 Å². The minimum absolute atomic E-state index is 0.0405.